The van der Waals surface area contributed by atoms with Gasteiger partial charge in [-0.3, -0.25) is 0 Å². The molecular formula is C13H13Cl2N3. The Morgan fingerprint density at radius 1 is 0.944 bits per heavy atom. The number of aromatic amines is 1. The third-order valence-electron chi connectivity index (χ3n) is 2.71. The maximum absolute atomic E-state index is 3.96. The smallest absolute Gasteiger partial charge is 0.247 e. The fourth-order valence-corrected chi connectivity index (χ4v) is 1.90. The summed E-state index contributed by atoms with van der Waals surface area (Å²) in [6, 6.07) is 16.4. The number of hydrogen-bond donors (Lipinski definition) is 2. The predicted molar refractivity (Wildman–Crippen MR) is 62.4 cm³/mol. The fourth-order valence-electron chi connectivity index (χ4n) is 1.90. The van der Waals surface area contributed by atoms with E-state index in [1.54, 1.807) is 0 Å². The van der Waals surface area contributed by atoms with Gasteiger partial charge in [-0.05, 0) is 18.2 Å². The third-order valence-corrected chi connectivity index (χ3v) is 2.71. The third kappa shape index (κ3) is 2.48. The lowest BCUT2D eigenvalue weighted by molar-refractivity contribution is -0.567. The topological polar surface area (TPSA) is 47.3 Å². The Kier molecular flexibility index (Phi) is 4.73. The molecule has 0 bridgehead atoms. The van der Waals surface area contributed by atoms with Crippen LogP contribution in [0.5, 0.6) is 0 Å². The molecule has 3 aromatic rings. The van der Waals surface area contributed by atoms with Gasteiger partial charge in [-0.2, -0.15) is 4.57 Å². The number of benzene rings is 2. The van der Waals surface area contributed by atoms with E-state index < -0.39 is 0 Å². The molecule has 2 aromatic carbocycles. The quantitative estimate of drug-likeness (QED) is 0.422. The van der Waals surface area contributed by atoms with Crippen LogP contribution >= 0.6 is 0 Å². The van der Waals surface area contributed by atoms with Crippen molar-refractivity contribution in [3.8, 4) is 5.69 Å². The van der Waals surface area contributed by atoms with Crippen molar-refractivity contribution in [1.29, 1.82) is 0 Å². The first-order valence-corrected chi connectivity index (χ1v) is 5.25. The van der Waals surface area contributed by atoms with Crippen molar-refractivity contribution in [1.82, 2.24) is 4.98 Å². The molecule has 18 heavy (non-hydrogen) atoms. The summed E-state index contributed by atoms with van der Waals surface area (Å²) in [5.74, 6) is 0. The highest BCUT2D eigenvalue weighted by Crippen LogP contribution is 2.12. The molecule has 1 aromatic heterocycles. The van der Waals surface area contributed by atoms with Crippen molar-refractivity contribution in [2.75, 3.05) is 0 Å². The van der Waals surface area contributed by atoms with Gasteiger partial charge in [0.05, 0.1) is 6.07 Å². The molecule has 0 aliphatic carbocycles. The minimum Gasteiger partial charge on any atom is -1.00 e. The summed E-state index contributed by atoms with van der Waals surface area (Å²) in [6.07, 6.45) is 1.97. The number of aromatic nitrogens is 2. The summed E-state index contributed by atoms with van der Waals surface area (Å²) in [6.45, 7) is 0. The van der Waals surface area contributed by atoms with E-state index in [0.29, 0.717) is 0 Å². The molecule has 3 nitrogen and oxygen atoms in total. The maximum atomic E-state index is 3.96. The van der Waals surface area contributed by atoms with Gasteiger partial charge in [-0.15, -0.1) is 0 Å². The van der Waals surface area contributed by atoms with Crippen LogP contribution in [0.25, 0.3) is 16.7 Å². The number of fused-ring (bicyclic) bond motifs is 1. The van der Waals surface area contributed by atoms with Crippen LogP contribution in [-0.2, 0) is 0 Å². The highest BCUT2D eigenvalue weighted by Gasteiger charge is 2.11. The molecule has 3 rings (SSSR count). The summed E-state index contributed by atoms with van der Waals surface area (Å²) in [5, 5.41) is 0. The first-order chi connectivity index (χ1) is 7.84. The summed E-state index contributed by atoms with van der Waals surface area (Å²) in [5.41, 5.74) is 8.41. The molecule has 0 aliphatic heterocycles. The fraction of sp³-hybridized carbons (Fsp3) is 0. The van der Waals surface area contributed by atoms with E-state index >= 15 is 0 Å². The van der Waals surface area contributed by atoms with Gasteiger partial charge >= 0.3 is 0 Å². The van der Waals surface area contributed by atoms with Crippen molar-refractivity contribution in [2.24, 2.45) is 0 Å². The van der Waals surface area contributed by atoms with E-state index in [2.05, 4.69) is 39.6 Å². The molecule has 4 N–H and O–H groups in total. The van der Waals surface area contributed by atoms with E-state index in [9.17, 15) is 0 Å². The summed E-state index contributed by atoms with van der Waals surface area (Å²) in [7, 11) is 0. The largest absolute Gasteiger partial charge is 1.00 e. The van der Waals surface area contributed by atoms with E-state index in [0.717, 1.165) is 22.4 Å². The zero-order valence-corrected chi connectivity index (χ0v) is 11.1. The second-order valence-electron chi connectivity index (χ2n) is 3.83. The second-order valence-corrected chi connectivity index (χ2v) is 3.83. The molecule has 5 heteroatoms. The molecule has 0 atom stereocenters. The molecule has 0 amide bonds. The van der Waals surface area contributed by atoms with Crippen molar-refractivity contribution >= 4 is 16.7 Å². The number of quaternary nitrogens is 1. The minimum atomic E-state index is 0. The van der Waals surface area contributed by atoms with Gasteiger partial charge in [0.1, 0.15) is 11.4 Å². The van der Waals surface area contributed by atoms with E-state index in [4.69, 9.17) is 0 Å². The molecule has 0 aliphatic rings. The van der Waals surface area contributed by atoms with Crippen LogP contribution in [0.3, 0.4) is 0 Å². The molecule has 0 unspecified atom stereocenters. The highest BCUT2D eigenvalue weighted by atomic mass is 35.5. The number of hydrogen-bond acceptors (Lipinski definition) is 0. The standard InChI is InChI=1S/C13H11N3.2ClH/c14-10-6-7-12-13(8-10)16(9-15-12)11-4-2-1-3-5-11;;/h1-9H,14H2;2*1H. The predicted octanol–water partition coefficient (Wildman–Crippen LogP) is -4.67. The summed E-state index contributed by atoms with van der Waals surface area (Å²) < 4.78 is 2.13. The average molecular weight is 282 g/mol. The Balaban J connectivity index is 0.000000810. The van der Waals surface area contributed by atoms with Gasteiger partial charge in [-0.25, -0.2) is 4.98 Å². The van der Waals surface area contributed by atoms with Gasteiger partial charge in [0.15, 0.2) is 11.0 Å². The van der Waals surface area contributed by atoms with Crippen LogP contribution in [0.15, 0.2) is 54.9 Å². The van der Waals surface area contributed by atoms with Gasteiger partial charge in [-0.1, -0.05) is 18.2 Å². The Bertz CT molecular complexity index is 635. The summed E-state index contributed by atoms with van der Waals surface area (Å²) >= 11 is 0. The number of para-hydroxylation sites is 1. The zero-order valence-electron chi connectivity index (χ0n) is 9.61. The van der Waals surface area contributed by atoms with Crippen LogP contribution in [0, 0.1) is 0 Å². The van der Waals surface area contributed by atoms with Crippen molar-refractivity contribution < 1.29 is 35.1 Å². The lowest BCUT2D eigenvalue weighted by atomic mass is 10.2. The average Bonchev–Trinajstić information content (AvgIpc) is 2.73. The first kappa shape index (κ1) is 14.5. The Hall–Kier alpha value is -1.55. The van der Waals surface area contributed by atoms with Gasteiger partial charge in [0.2, 0.25) is 6.33 Å². The summed E-state index contributed by atoms with van der Waals surface area (Å²) in [4.78, 5) is 3.25. The molecule has 0 spiro atoms. The van der Waals surface area contributed by atoms with Gasteiger partial charge in [0, 0.05) is 6.07 Å². The lowest BCUT2D eigenvalue weighted by Crippen LogP contribution is -3.00. The Labute approximate surface area is 117 Å². The second kappa shape index (κ2) is 5.87. The zero-order chi connectivity index (χ0) is 11.0. The normalized spacial score (nSPS) is 9.61. The lowest BCUT2D eigenvalue weighted by Gasteiger charge is -1.95. The number of H-pyrrole nitrogens is 1. The minimum absolute atomic E-state index is 0. The van der Waals surface area contributed by atoms with Crippen LogP contribution in [0.4, 0.5) is 5.69 Å². The highest BCUT2D eigenvalue weighted by molar-refractivity contribution is 5.74. The Morgan fingerprint density at radius 3 is 2.39 bits per heavy atom. The molecule has 0 radical (unpaired) electrons. The van der Waals surface area contributed by atoms with E-state index in [-0.39, 0.29) is 24.8 Å². The number of imidazole rings is 1. The number of halogens is 2. The van der Waals surface area contributed by atoms with E-state index in [1.807, 2.05) is 30.6 Å². The number of nitrogens with one attached hydrogen (secondary N) is 1. The Morgan fingerprint density at radius 2 is 1.67 bits per heavy atom. The van der Waals surface area contributed by atoms with Crippen LogP contribution in [0.1, 0.15) is 0 Å². The molecule has 0 saturated carbocycles. The monoisotopic (exact) mass is 281 g/mol. The maximum Gasteiger partial charge on any atom is 0.247 e. The van der Waals surface area contributed by atoms with Crippen LogP contribution in [-0.4, -0.2) is 4.98 Å². The number of rotatable bonds is 1. The number of nitrogens with zero attached hydrogens (tertiary/aromatic N) is 1. The van der Waals surface area contributed by atoms with Crippen LogP contribution < -0.4 is 35.1 Å². The van der Waals surface area contributed by atoms with E-state index in [1.165, 1.54) is 0 Å². The molecular weight excluding hydrogens is 269 g/mol. The first-order valence-electron chi connectivity index (χ1n) is 5.25. The van der Waals surface area contributed by atoms with Crippen molar-refractivity contribution in [3.05, 3.63) is 54.9 Å². The van der Waals surface area contributed by atoms with Crippen molar-refractivity contribution in [2.45, 2.75) is 0 Å². The SMILES string of the molecule is [Cl-].[Cl-].[NH3+]c1ccc2[nH]c[n+](-c3ccccc3)c2c1. The van der Waals surface area contributed by atoms with Gasteiger partial charge in [0.25, 0.3) is 0 Å². The van der Waals surface area contributed by atoms with Crippen molar-refractivity contribution in [3.63, 3.8) is 0 Å². The molecule has 1 heterocycles. The van der Waals surface area contributed by atoms with Gasteiger partial charge < -0.3 is 30.5 Å². The molecule has 0 saturated heterocycles. The molecule has 0 fully saturated rings. The van der Waals surface area contributed by atoms with Crippen LogP contribution in [0.2, 0.25) is 0 Å². The molecule has 94 valence electrons.